The average molecular weight is 179 g/mol. The molecule has 11 heavy (non-hydrogen) atoms. The second-order valence-electron chi connectivity index (χ2n) is 1.85. The van der Waals surface area contributed by atoms with Crippen molar-refractivity contribution in [3.63, 3.8) is 0 Å². The Labute approximate surface area is 71.3 Å². The number of hydrogen-bond acceptors (Lipinski definition) is 4. The first-order chi connectivity index (χ1) is 5.27. The van der Waals surface area contributed by atoms with E-state index in [9.17, 15) is 0 Å². The zero-order valence-electron chi connectivity index (χ0n) is 6.28. The van der Waals surface area contributed by atoms with Crippen LogP contribution in [0.4, 0.5) is 0 Å². The lowest BCUT2D eigenvalue weighted by Crippen LogP contribution is -2.18. The van der Waals surface area contributed by atoms with E-state index in [4.69, 9.17) is 20.3 Å². The molecule has 0 bridgehead atoms. The van der Waals surface area contributed by atoms with Crippen molar-refractivity contribution in [2.24, 2.45) is 5.73 Å². The molecule has 0 saturated heterocycles. The van der Waals surface area contributed by atoms with Crippen LogP contribution in [-0.2, 0) is 9.47 Å². The summed E-state index contributed by atoms with van der Waals surface area (Å²) in [5.74, 6) is 0. The first-order valence-corrected chi connectivity index (χ1v) is 3.73. The Balaban J connectivity index is 2.85. The third kappa shape index (κ3) is 9.77. The SMILES string of the molecule is NC(=S)COCCOCCO. The summed E-state index contributed by atoms with van der Waals surface area (Å²) in [5.41, 5.74) is 5.16. The van der Waals surface area contributed by atoms with Gasteiger partial charge in [0.05, 0.1) is 38.0 Å². The monoisotopic (exact) mass is 179 g/mol. The maximum absolute atomic E-state index is 8.30. The highest BCUT2D eigenvalue weighted by molar-refractivity contribution is 7.80. The maximum atomic E-state index is 8.30. The highest BCUT2D eigenvalue weighted by Gasteiger charge is 1.89. The lowest BCUT2D eigenvalue weighted by atomic mass is 10.7. The van der Waals surface area contributed by atoms with Gasteiger partial charge in [0.15, 0.2) is 0 Å². The fourth-order valence-corrected chi connectivity index (χ4v) is 0.541. The highest BCUT2D eigenvalue weighted by atomic mass is 32.1. The molecular weight excluding hydrogens is 166 g/mol. The molecule has 0 unspecified atom stereocenters. The molecule has 66 valence electrons. The van der Waals surface area contributed by atoms with Gasteiger partial charge in [-0.05, 0) is 0 Å². The Hall–Kier alpha value is -0.230. The summed E-state index contributed by atoms with van der Waals surface area (Å²) in [6, 6.07) is 0. The average Bonchev–Trinajstić information content (AvgIpc) is 1.96. The van der Waals surface area contributed by atoms with Crippen LogP contribution in [0.25, 0.3) is 0 Å². The number of aliphatic hydroxyl groups is 1. The van der Waals surface area contributed by atoms with Crippen LogP contribution < -0.4 is 5.73 Å². The quantitative estimate of drug-likeness (QED) is 0.399. The minimum Gasteiger partial charge on any atom is -0.394 e. The zero-order chi connectivity index (χ0) is 8.53. The molecule has 0 aliphatic carbocycles. The highest BCUT2D eigenvalue weighted by Crippen LogP contribution is 1.78. The van der Waals surface area contributed by atoms with Gasteiger partial charge in [-0.1, -0.05) is 12.2 Å². The summed E-state index contributed by atoms with van der Waals surface area (Å²) in [6.45, 7) is 1.59. The molecule has 0 aromatic carbocycles. The number of rotatable bonds is 7. The van der Waals surface area contributed by atoms with E-state index < -0.39 is 0 Å². The van der Waals surface area contributed by atoms with Crippen LogP contribution >= 0.6 is 12.2 Å². The first kappa shape index (κ1) is 10.8. The van der Waals surface area contributed by atoms with Gasteiger partial charge in [0.25, 0.3) is 0 Å². The van der Waals surface area contributed by atoms with Crippen LogP contribution in [0.15, 0.2) is 0 Å². The van der Waals surface area contributed by atoms with Gasteiger partial charge in [0, 0.05) is 0 Å². The van der Waals surface area contributed by atoms with Crippen molar-refractivity contribution in [1.82, 2.24) is 0 Å². The van der Waals surface area contributed by atoms with Gasteiger partial charge in [-0.25, -0.2) is 0 Å². The molecule has 0 spiro atoms. The summed E-state index contributed by atoms with van der Waals surface area (Å²) in [6.07, 6.45) is 0. The van der Waals surface area contributed by atoms with Gasteiger partial charge in [0.1, 0.15) is 0 Å². The number of hydrogen-bond donors (Lipinski definition) is 2. The summed E-state index contributed by atoms with van der Waals surface area (Å²) >= 11 is 4.57. The molecule has 0 aliphatic rings. The van der Waals surface area contributed by atoms with E-state index in [1.54, 1.807) is 0 Å². The standard InChI is InChI=1S/C6H13NO3S/c7-6(11)5-10-4-3-9-2-1-8/h8H,1-5H2,(H2,7,11). The van der Waals surface area contributed by atoms with Crippen molar-refractivity contribution in [1.29, 1.82) is 0 Å². The van der Waals surface area contributed by atoms with Crippen molar-refractivity contribution in [2.75, 3.05) is 33.0 Å². The summed E-state index contributed by atoms with van der Waals surface area (Å²) < 4.78 is 9.87. The molecule has 0 aliphatic heterocycles. The molecule has 0 amide bonds. The van der Waals surface area contributed by atoms with Crippen molar-refractivity contribution in [3.8, 4) is 0 Å². The molecule has 0 rings (SSSR count). The van der Waals surface area contributed by atoms with Crippen molar-refractivity contribution >= 4 is 17.2 Å². The lowest BCUT2D eigenvalue weighted by Gasteiger charge is -2.02. The third-order valence-electron chi connectivity index (χ3n) is 0.852. The first-order valence-electron chi connectivity index (χ1n) is 3.32. The number of ether oxygens (including phenoxy) is 2. The zero-order valence-corrected chi connectivity index (χ0v) is 7.10. The number of aliphatic hydroxyl groups excluding tert-OH is 1. The largest absolute Gasteiger partial charge is 0.394 e. The van der Waals surface area contributed by atoms with Crippen LogP contribution in [-0.4, -0.2) is 43.1 Å². The van der Waals surface area contributed by atoms with Crippen LogP contribution in [0, 0.1) is 0 Å². The second kappa shape index (κ2) is 7.87. The summed E-state index contributed by atoms with van der Waals surface area (Å²) in [4.78, 5) is 0.340. The Morgan fingerprint density at radius 1 is 1.27 bits per heavy atom. The molecule has 0 saturated carbocycles. The van der Waals surface area contributed by atoms with Gasteiger partial charge in [-0.3, -0.25) is 0 Å². The van der Waals surface area contributed by atoms with E-state index in [0.29, 0.717) is 24.8 Å². The molecule has 0 aromatic rings. The smallest absolute Gasteiger partial charge is 0.0989 e. The van der Waals surface area contributed by atoms with E-state index in [1.165, 1.54) is 0 Å². The summed E-state index contributed by atoms with van der Waals surface area (Å²) in [7, 11) is 0. The minimum absolute atomic E-state index is 0.0370. The Morgan fingerprint density at radius 2 is 1.91 bits per heavy atom. The molecule has 5 heteroatoms. The van der Waals surface area contributed by atoms with Crippen LogP contribution in [0.5, 0.6) is 0 Å². The molecule has 4 nitrogen and oxygen atoms in total. The fraction of sp³-hybridized carbons (Fsp3) is 0.833. The topological polar surface area (TPSA) is 64.7 Å². The van der Waals surface area contributed by atoms with Crippen molar-refractivity contribution in [3.05, 3.63) is 0 Å². The molecule has 0 heterocycles. The Morgan fingerprint density at radius 3 is 2.45 bits per heavy atom. The maximum Gasteiger partial charge on any atom is 0.0989 e. The van der Waals surface area contributed by atoms with Crippen LogP contribution in [0.2, 0.25) is 0 Å². The van der Waals surface area contributed by atoms with Gasteiger partial charge < -0.3 is 20.3 Å². The van der Waals surface area contributed by atoms with E-state index in [1.807, 2.05) is 0 Å². The molecule has 0 aromatic heterocycles. The normalized spacial score (nSPS) is 9.91. The van der Waals surface area contributed by atoms with Gasteiger partial charge in [0.2, 0.25) is 0 Å². The van der Waals surface area contributed by atoms with E-state index in [2.05, 4.69) is 12.2 Å². The van der Waals surface area contributed by atoms with Gasteiger partial charge in [-0.2, -0.15) is 0 Å². The predicted molar refractivity (Wildman–Crippen MR) is 45.5 cm³/mol. The second-order valence-corrected chi connectivity index (χ2v) is 2.38. The summed E-state index contributed by atoms with van der Waals surface area (Å²) in [5, 5.41) is 8.30. The third-order valence-corrected chi connectivity index (χ3v) is 0.970. The van der Waals surface area contributed by atoms with Crippen molar-refractivity contribution in [2.45, 2.75) is 0 Å². The number of thiocarbonyl (C=S) groups is 1. The van der Waals surface area contributed by atoms with E-state index >= 15 is 0 Å². The van der Waals surface area contributed by atoms with Crippen LogP contribution in [0.1, 0.15) is 0 Å². The van der Waals surface area contributed by atoms with Gasteiger partial charge >= 0.3 is 0 Å². The molecule has 0 atom stereocenters. The van der Waals surface area contributed by atoms with E-state index in [-0.39, 0.29) is 13.2 Å². The van der Waals surface area contributed by atoms with Crippen molar-refractivity contribution < 1.29 is 14.6 Å². The minimum atomic E-state index is 0.0370. The molecule has 0 radical (unpaired) electrons. The predicted octanol–water partition coefficient (Wildman–Crippen LogP) is -0.702. The Bertz CT molecular complexity index is 110. The van der Waals surface area contributed by atoms with Crippen LogP contribution in [0.3, 0.4) is 0 Å². The van der Waals surface area contributed by atoms with Gasteiger partial charge in [-0.15, -0.1) is 0 Å². The molecular formula is C6H13NO3S. The van der Waals surface area contributed by atoms with E-state index in [0.717, 1.165) is 0 Å². The fourth-order valence-electron chi connectivity index (χ4n) is 0.457. The molecule has 0 fully saturated rings. The molecule has 3 N–H and O–H groups in total. The number of nitrogens with two attached hydrogens (primary N) is 1. The lowest BCUT2D eigenvalue weighted by molar-refractivity contribution is 0.0438. The Kier molecular flexibility index (Phi) is 7.71.